The fourth-order valence-electron chi connectivity index (χ4n) is 4.03. The average Bonchev–Trinajstić information content (AvgIpc) is 2.76. The molecule has 0 saturated heterocycles. The number of allylic oxidation sites excluding steroid dienone is 4. The van der Waals surface area contributed by atoms with Gasteiger partial charge in [0.2, 0.25) is 0 Å². The third kappa shape index (κ3) is 28.9. The highest BCUT2D eigenvalue weighted by Gasteiger charge is 1.97. The maximum atomic E-state index is 10.4. The van der Waals surface area contributed by atoms with Crippen LogP contribution >= 0.6 is 0 Å². The van der Waals surface area contributed by atoms with Gasteiger partial charge in [-0.3, -0.25) is 4.79 Å². The van der Waals surface area contributed by atoms with Gasteiger partial charge in [-0.25, -0.2) is 0 Å². The van der Waals surface area contributed by atoms with Gasteiger partial charge < -0.3 is 5.11 Å². The molecule has 182 valence electrons. The first-order valence-corrected chi connectivity index (χ1v) is 13.8. The van der Waals surface area contributed by atoms with Crippen molar-refractivity contribution in [1.29, 1.82) is 0 Å². The third-order valence-corrected chi connectivity index (χ3v) is 6.09. The van der Waals surface area contributed by atoms with Crippen LogP contribution in [-0.4, -0.2) is 11.1 Å². The Labute approximate surface area is 195 Å². The van der Waals surface area contributed by atoms with Crippen molar-refractivity contribution < 1.29 is 9.90 Å². The highest BCUT2D eigenvalue weighted by atomic mass is 16.4. The summed E-state index contributed by atoms with van der Waals surface area (Å²) in [4.78, 5) is 10.4. The Morgan fingerprint density at radius 2 is 0.871 bits per heavy atom. The van der Waals surface area contributed by atoms with Crippen molar-refractivity contribution in [3.63, 3.8) is 0 Å². The minimum absolute atomic E-state index is 0.341. The van der Waals surface area contributed by atoms with Gasteiger partial charge in [0.15, 0.2) is 0 Å². The molecule has 0 rings (SSSR count). The fraction of sp³-hybridized carbons (Fsp3) is 0.828. The van der Waals surface area contributed by atoms with Crippen LogP contribution in [0, 0.1) is 0 Å². The van der Waals surface area contributed by atoms with Gasteiger partial charge in [-0.1, -0.05) is 134 Å². The van der Waals surface area contributed by atoms with Gasteiger partial charge in [-0.15, -0.1) is 0 Å². The Kier molecular flexibility index (Phi) is 26.1. The first kappa shape index (κ1) is 29.9. The summed E-state index contributed by atoms with van der Waals surface area (Å²) in [5.74, 6) is -0.653. The Hall–Kier alpha value is -1.05. The molecule has 0 radical (unpaired) electrons. The molecule has 0 spiro atoms. The maximum absolute atomic E-state index is 10.4. The predicted molar refractivity (Wildman–Crippen MR) is 138 cm³/mol. The second kappa shape index (κ2) is 27.0. The third-order valence-electron chi connectivity index (χ3n) is 6.09. The van der Waals surface area contributed by atoms with Crippen molar-refractivity contribution in [3.05, 3.63) is 24.3 Å². The number of hydrogen-bond donors (Lipinski definition) is 1. The van der Waals surface area contributed by atoms with Gasteiger partial charge in [-0.2, -0.15) is 0 Å². The molecule has 1 N–H and O–H groups in total. The number of rotatable bonds is 25. The summed E-state index contributed by atoms with van der Waals surface area (Å²) in [6.45, 7) is 2.27. The summed E-state index contributed by atoms with van der Waals surface area (Å²) < 4.78 is 0. The van der Waals surface area contributed by atoms with Gasteiger partial charge in [0.25, 0.3) is 0 Å². The molecule has 0 amide bonds. The van der Waals surface area contributed by atoms with Crippen molar-refractivity contribution in [2.45, 2.75) is 155 Å². The fourth-order valence-corrected chi connectivity index (χ4v) is 4.03. The molecular weight excluding hydrogens is 380 g/mol. The van der Waals surface area contributed by atoms with E-state index in [4.69, 9.17) is 5.11 Å². The first-order valence-electron chi connectivity index (χ1n) is 13.8. The molecule has 0 aliphatic heterocycles. The van der Waals surface area contributed by atoms with E-state index < -0.39 is 5.97 Å². The predicted octanol–water partition coefficient (Wildman–Crippen LogP) is 10.2. The van der Waals surface area contributed by atoms with E-state index in [0.29, 0.717) is 6.42 Å². The molecule has 0 aliphatic carbocycles. The normalized spacial score (nSPS) is 11.8. The number of aliphatic carboxylic acids is 1. The standard InChI is InChI=1S/C29H54O2/c1-2-3-4-5-6-7-8-9-10-11-12-13-14-15-16-17-18-19-20-21-22-23-24-25-26-27-28-29(30)31/h7-8,10-11H,2-6,9,12-28H2,1H3,(H,30,31). The van der Waals surface area contributed by atoms with Crippen LogP contribution in [0.1, 0.15) is 155 Å². The summed E-state index contributed by atoms with van der Waals surface area (Å²) in [6.07, 6.45) is 38.5. The summed E-state index contributed by atoms with van der Waals surface area (Å²) in [7, 11) is 0. The topological polar surface area (TPSA) is 37.3 Å². The summed E-state index contributed by atoms with van der Waals surface area (Å²) in [5.41, 5.74) is 0. The number of carboxylic acids is 1. The lowest BCUT2D eigenvalue weighted by atomic mass is 10.0. The van der Waals surface area contributed by atoms with E-state index in [2.05, 4.69) is 31.2 Å². The zero-order valence-electron chi connectivity index (χ0n) is 20.9. The second-order valence-corrected chi connectivity index (χ2v) is 9.26. The summed E-state index contributed by atoms with van der Waals surface area (Å²) in [6, 6.07) is 0. The Balaban J connectivity index is 3.12. The van der Waals surface area contributed by atoms with Crippen LogP contribution in [0.4, 0.5) is 0 Å². The average molecular weight is 435 g/mol. The van der Waals surface area contributed by atoms with Gasteiger partial charge in [0, 0.05) is 6.42 Å². The summed E-state index contributed by atoms with van der Waals surface area (Å²) in [5, 5.41) is 8.60. The van der Waals surface area contributed by atoms with Crippen molar-refractivity contribution in [3.8, 4) is 0 Å². The quantitative estimate of drug-likeness (QED) is 0.115. The van der Waals surface area contributed by atoms with Crippen LogP contribution in [0.2, 0.25) is 0 Å². The molecule has 0 aromatic heterocycles. The molecule has 2 heteroatoms. The largest absolute Gasteiger partial charge is 0.481 e. The lowest BCUT2D eigenvalue weighted by molar-refractivity contribution is -0.137. The Bertz CT molecular complexity index is 411. The smallest absolute Gasteiger partial charge is 0.303 e. The van der Waals surface area contributed by atoms with Crippen LogP contribution in [0.15, 0.2) is 24.3 Å². The molecule has 31 heavy (non-hydrogen) atoms. The van der Waals surface area contributed by atoms with Crippen molar-refractivity contribution in [2.75, 3.05) is 0 Å². The number of hydrogen-bond acceptors (Lipinski definition) is 1. The van der Waals surface area contributed by atoms with Crippen LogP contribution in [0.5, 0.6) is 0 Å². The zero-order chi connectivity index (χ0) is 22.7. The van der Waals surface area contributed by atoms with E-state index in [-0.39, 0.29) is 0 Å². The Morgan fingerprint density at radius 3 is 1.26 bits per heavy atom. The first-order chi connectivity index (χ1) is 15.3. The van der Waals surface area contributed by atoms with Crippen molar-refractivity contribution in [2.24, 2.45) is 0 Å². The van der Waals surface area contributed by atoms with E-state index in [1.54, 1.807) is 0 Å². The minimum atomic E-state index is -0.653. The molecule has 0 fully saturated rings. The molecule has 0 aromatic rings. The van der Waals surface area contributed by atoms with Crippen molar-refractivity contribution >= 4 is 5.97 Å². The summed E-state index contributed by atoms with van der Waals surface area (Å²) >= 11 is 0. The monoisotopic (exact) mass is 434 g/mol. The minimum Gasteiger partial charge on any atom is -0.481 e. The van der Waals surface area contributed by atoms with Crippen molar-refractivity contribution in [1.82, 2.24) is 0 Å². The zero-order valence-corrected chi connectivity index (χ0v) is 20.9. The molecule has 0 unspecified atom stereocenters. The van der Waals surface area contributed by atoms with Crippen LogP contribution in [-0.2, 0) is 4.79 Å². The van der Waals surface area contributed by atoms with E-state index >= 15 is 0 Å². The Morgan fingerprint density at radius 1 is 0.516 bits per heavy atom. The van der Waals surface area contributed by atoms with Crippen LogP contribution in [0.3, 0.4) is 0 Å². The molecule has 0 aromatic carbocycles. The molecule has 0 atom stereocenters. The molecule has 0 aliphatic rings. The van der Waals surface area contributed by atoms with Gasteiger partial charge in [-0.05, 0) is 38.5 Å². The molecule has 2 nitrogen and oxygen atoms in total. The van der Waals surface area contributed by atoms with Gasteiger partial charge in [0.05, 0.1) is 0 Å². The molecular formula is C29H54O2. The molecule has 0 bridgehead atoms. The van der Waals surface area contributed by atoms with E-state index in [0.717, 1.165) is 19.3 Å². The highest BCUT2D eigenvalue weighted by Crippen LogP contribution is 2.14. The molecule has 0 heterocycles. The number of carbonyl (C=O) groups is 1. The molecule has 0 saturated carbocycles. The second-order valence-electron chi connectivity index (χ2n) is 9.26. The SMILES string of the molecule is CCCCCCC=CCC=CCCCCCCCCCCCCCCCCCC(=O)O. The van der Waals surface area contributed by atoms with Crippen LogP contribution < -0.4 is 0 Å². The lowest BCUT2D eigenvalue weighted by Gasteiger charge is -2.03. The van der Waals surface area contributed by atoms with E-state index in [1.807, 2.05) is 0 Å². The lowest BCUT2D eigenvalue weighted by Crippen LogP contribution is -1.93. The van der Waals surface area contributed by atoms with Gasteiger partial charge >= 0.3 is 5.97 Å². The van der Waals surface area contributed by atoms with Gasteiger partial charge in [0.1, 0.15) is 0 Å². The highest BCUT2D eigenvalue weighted by molar-refractivity contribution is 5.66. The number of carboxylic acid groups (broad SMARTS) is 1. The number of unbranched alkanes of at least 4 members (excludes halogenated alkanes) is 19. The maximum Gasteiger partial charge on any atom is 0.303 e. The van der Waals surface area contributed by atoms with E-state index in [1.165, 1.54) is 122 Å². The van der Waals surface area contributed by atoms with Crippen LogP contribution in [0.25, 0.3) is 0 Å². The van der Waals surface area contributed by atoms with E-state index in [9.17, 15) is 4.79 Å².